The van der Waals surface area contributed by atoms with E-state index in [1.165, 1.54) is 0 Å². The molecule has 0 aliphatic carbocycles. The van der Waals surface area contributed by atoms with Crippen LogP contribution < -0.4 is 5.32 Å². The summed E-state index contributed by atoms with van der Waals surface area (Å²) in [5, 5.41) is 19.0. The molecule has 3 nitrogen and oxygen atoms in total. The van der Waals surface area contributed by atoms with Gasteiger partial charge in [-0.05, 0) is 19.2 Å². The first-order chi connectivity index (χ1) is 10.1. The molecule has 3 rings (SSSR count). The highest BCUT2D eigenvalue weighted by molar-refractivity contribution is 7.09. The summed E-state index contributed by atoms with van der Waals surface area (Å²) in [4.78, 5) is 4.44. The maximum atomic E-state index is 10.5. The fourth-order valence-electron chi connectivity index (χ4n) is 2.46. The van der Waals surface area contributed by atoms with E-state index in [9.17, 15) is 5.11 Å². The van der Waals surface area contributed by atoms with Crippen LogP contribution in [0.5, 0.6) is 5.75 Å². The average Bonchev–Trinajstić information content (AvgIpc) is 2.91. The van der Waals surface area contributed by atoms with Crippen LogP contribution in [0.4, 0.5) is 0 Å². The monoisotopic (exact) mass is 298 g/mol. The van der Waals surface area contributed by atoms with E-state index >= 15 is 0 Å². The van der Waals surface area contributed by atoms with Gasteiger partial charge in [-0.2, -0.15) is 0 Å². The van der Waals surface area contributed by atoms with E-state index in [-0.39, 0.29) is 6.04 Å². The summed E-state index contributed by atoms with van der Waals surface area (Å²) in [6, 6.07) is 12.0. The Hall–Kier alpha value is -1.91. The summed E-state index contributed by atoms with van der Waals surface area (Å²) < 4.78 is 0. The Labute approximate surface area is 128 Å². The number of benzene rings is 2. The number of thiazole rings is 1. The highest BCUT2D eigenvalue weighted by Crippen LogP contribution is 2.32. The van der Waals surface area contributed by atoms with E-state index in [2.05, 4.69) is 28.7 Å². The molecule has 2 aromatic carbocycles. The molecule has 0 spiro atoms. The van der Waals surface area contributed by atoms with Gasteiger partial charge in [0, 0.05) is 34.6 Å². The summed E-state index contributed by atoms with van der Waals surface area (Å²) in [7, 11) is 0. The molecule has 0 saturated carbocycles. The van der Waals surface area contributed by atoms with Gasteiger partial charge in [0.1, 0.15) is 10.8 Å². The fraction of sp³-hybridized carbons (Fsp3) is 0.235. The Morgan fingerprint density at radius 1 is 1.24 bits per heavy atom. The molecule has 1 heterocycles. The minimum atomic E-state index is 0.0683. The molecular weight excluding hydrogens is 280 g/mol. The lowest BCUT2D eigenvalue weighted by atomic mass is 10.0. The van der Waals surface area contributed by atoms with Crippen LogP contribution in [0.25, 0.3) is 10.8 Å². The highest BCUT2D eigenvalue weighted by Gasteiger charge is 2.13. The van der Waals surface area contributed by atoms with Crippen LogP contribution in [0.3, 0.4) is 0 Å². The Balaban J connectivity index is 1.81. The maximum Gasteiger partial charge on any atom is 0.128 e. The van der Waals surface area contributed by atoms with Crippen molar-refractivity contribution < 1.29 is 5.11 Å². The number of phenols is 1. The molecule has 0 aliphatic rings. The summed E-state index contributed by atoms with van der Waals surface area (Å²) in [6.07, 6.45) is 0. The lowest BCUT2D eigenvalue weighted by Gasteiger charge is -2.16. The number of nitrogens with zero attached hydrogens (tertiary/aromatic N) is 1. The molecule has 1 atom stereocenters. The first-order valence-corrected chi connectivity index (χ1v) is 7.88. The summed E-state index contributed by atoms with van der Waals surface area (Å²) in [6.45, 7) is 4.77. The van der Waals surface area contributed by atoms with E-state index in [0.29, 0.717) is 12.3 Å². The number of aryl methyl sites for hydroxylation is 1. The third-order valence-electron chi connectivity index (χ3n) is 3.62. The molecule has 0 aliphatic heterocycles. The zero-order valence-electron chi connectivity index (χ0n) is 12.1. The molecule has 0 radical (unpaired) electrons. The largest absolute Gasteiger partial charge is 0.507 e. The normalized spacial score (nSPS) is 12.7. The Kier molecular flexibility index (Phi) is 3.90. The molecule has 1 aromatic heterocycles. The second-order valence-electron chi connectivity index (χ2n) is 5.21. The summed E-state index contributed by atoms with van der Waals surface area (Å²) >= 11 is 1.66. The van der Waals surface area contributed by atoms with Crippen LogP contribution in [0, 0.1) is 6.92 Å². The second-order valence-corrected chi connectivity index (χ2v) is 6.15. The van der Waals surface area contributed by atoms with Crippen LogP contribution in [-0.4, -0.2) is 10.1 Å². The van der Waals surface area contributed by atoms with Crippen LogP contribution in [0.15, 0.2) is 41.8 Å². The van der Waals surface area contributed by atoms with Crippen LogP contribution in [0.1, 0.15) is 29.2 Å². The van der Waals surface area contributed by atoms with Gasteiger partial charge >= 0.3 is 0 Å². The van der Waals surface area contributed by atoms with Crippen molar-refractivity contribution in [3.63, 3.8) is 0 Å². The highest BCUT2D eigenvalue weighted by atomic mass is 32.1. The van der Waals surface area contributed by atoms with Crippen LogP contribution in [-0.2, 0) is 6.54 Å². The number of fused-ring (bicyclic) bond motifs is 1. The smallest absolute Gasteiger partial charge is 0.128 e. The molecule has 0 saturated heterocycles. The fourth-order valence-corrected chi connectivity index (χ4v) is 3.18. The lowest BCUT2D eigenvalue weighted by Crippen LogP contribution is -2.18. The SMILES string of the molecule is Cc1csc(CNC(C)c2ccc3ccccc3c2O)n1. The summed E-state index contributed by atoms with van der Waals surface area (Å²) in [5.74, 6) is 0.364. The molecular formula is C17H18N2OS. The van der Waals surface area contributed by atoms with Gasteiger partial charge < -0.3 is 10.4 Å². The quantitative estimate of drug-likeness (QED) is 0.760. The molecule has 3 aromatic rings. The molecule has 108 valence electrons. The molecule has 0 fully saturated rings. The topological polar surface area (TPSA) is 45.1 Å². The predicted molar refractivity (Wildman–Crippen MR) is 87.7 cm³/mol. The van der Waals surface area contributed by atoms with Gasteiger partial charge in [-0.15, -0.1) is 11.3 Å². The van der Waals surface area contributed by atoms with Gasteiger partial charge in [0.25, 0.3) is 0 Å². The first-order valence-electron chi connectivity index (χ1n) is 7.00. The van der Waals surface area contributed by atoms with Crippen LogP contribution >= 0.6 is 11.3 Å². The zero-order valence-corrected chi connectivity index (χ0v) is 12.9. The average molecular weight is 298 g/mol. The standard InChI is InChI=1S/C17H18N2OS/c1-11-10-21-16(19-11)9-18-12(2)14-8-7-13-5-3-4-6-15(13)17(14)20/h3-8,10,12,18,20H,9H2,1-2H3. The number of phenolic OH excluding ortho intramolecular Hbond substituents is 1. The predicted octanol–water partition coefficient (Wildman–Crippen LogP) is 4.16. The number of aromatic nitrogens is 1. The minimum absolute atomic E-state index is 0.0683. The number of aromatic hydroxyl groups is 1. The number of hydrogen-bond donors (Lipinski definition) is 2. The molecule has 4 heteroatoms. The van der Waals surface area contributed by atoms with E-state index in [1.807, 2.05) is 37.3 Å². The Bertz CT molecular complexity index is 766. The minimum Gasteiger partial charge on any atom is -0.507 e. The zero-order chi connectivity index (χ0) is 14.8. The van der Waals surface area contributed by atoms with Crippen molar-refractivity contribution in [3.05, 3.63) is 58.0 Å². The number of hydrogen-bond acceptors (Lipinski definition) is 4. The van der Waals surface area contributed by atoms with Crippen molar-refractivity contribution in [2.45, 2.75) is 26.4 Å². The van der Waals surface area contributed by atoms with Gasteiger partial charge in [-0.25, -0.2) is 4.98 Å². The molecule has 21 heavy (non-hydrogen) atoms. The van der Waals surface area contributed by atoms with Crippen molar-refractivity contribution in [2.24, 2.45) is 0 Å². The van der Waals surface area contributed by atoms with Gasteiger partial charge in [-0.1, -0.05) is 36.4 Å². The van der Waals surface area contributed by atoms with Gasteiger partial charge in [0.05, 0.1) is 0 Å². The molecule has 2 N–H and O–H groups in total. The van der Waals surface area contributed by atoms with Crippen molar-refractivity contribution in [1.82, 2.24) is 10.3 Å². The third-order valence-corrected chi connectivity index (χ3v) is 4.59. The van der Waals surface area contributed by atoms with Gasteiger partial charge in [-0.3, -0.25) is 0 Å². The number of rotatable bonds is 4. The lowest BCUT2D eigenvalue weighted by molar-refractivity contribution is 0.458. The molecule has 1 unspecified atom stereocenters. The first kappa shape index (κ1) is 14.0. The van der Waals surface area contributed by atoms with E-state index in [1.54, 1.807) is 11.3 Å². The molecule has 0 amide bonds. The Morgan fingerprint density at radius 2 is 2.05 bits per heavy atom. The second kappa shape index (κ2) is 5.84. The maximum absolute atomic E-state index is 10.5. The Morgan fingerprint density at radius 3 is 2.81 bits per heavy atom. The summed E-state index contributed by atoms with van der Waals surface area (Å²) in [5.41, 5.74) is 1.97. The van der Waals surface area contributed by atoms with E-state index in [4.69, 9.17) is 0 Å². The van der Waals surface area contributed by atoms with E-state index < -0.39 is 0 Å². The van der Waals surface area contributed by atoms with Crippen molar-refractivity contribution in [1.29, 1.82) is 0 Å². The molecule has 0 bridgehead atoms. The van der Waals surface area contributed by atoms with Crippen molar-refractivity contribution >= 4 is 22.1 Å². The van der Waals surface area contributed by atoms with E-state index in [0.717, 1.165) is 27.0 Å². The van der Waals surface area contributed by atoms with Gasteiger partial charge in [0.2, 0.25) is 0 Å². The van der Waals surface area contributed by atoms with Crippen molar-refractivity contribution in [2.75, 3.05) is 0 Å². The third kappa shape index (κ3) is 2.91. The number of nitrogens with one attached hydrogen (secondary N) is 1. The van der Waals surface area contributed by atoms with Crippen LogP contribution in [0.2, 0.25) is 0 Å². The van der Waals surface area contributed by atoms with Crippen molar-refractivity contribution in [3.8, 4) is 5.75 Å². The van der Waals surface area contributed by atoms with Gasteiger partial charge in [0.15, 0.2) is 0 Å².